The molecular weight excluding hydrogens is 226 g/mol. The highest BCUT2D eigenvalue weighted by Gasteiger charge is 2.50. The maximum atomic E-state index is 11.9. The lowest BCUT2D eigenvalue weighted by molar-refractivity contribution is 0.0308. The van der Waals surface area contributed by atoms with Crippen molar-refractivity contribution in [3.05, 3.63) is 0 Å². The molecule has 2 aliphatic heterocycles. The van der Waals surface area contributed by atoms with Crippen molar-refractivity contribution in [1.29, 1.82) is 0 Å². The minimum atomic E-state index is -2.97. The topological polar surface area (TPSA) is 66.4 Å². The summed E-state index contributed by atoms with van der Waals surface area (Å²) in [5.74, 6) is 0.358. The van der Waals surface area contributed by atoms with Crippen molar-refractivity contribution in [2.75, 3.05) is 18.8 Å². The molecule has 5 heteroatoms. The molecule has 0 spiro atoms. The van der Waals surface area contributed by atoms with Crippen molar-refractivity contribution >= 4 is 9.84 Å². The standard InChI is InChI=1S/C11H21NO3S/c1-10(2)9(3-6-16(10,14)15)7-11(13)4-5-12-8-11/h9,12-13H,3-8H2,1-2H3. The number of hydrogen-bond donors (Lipinski definition) is 2. The lowest BCUT2D eigenvalue weighted by atomic mass is 9.81. The first kappa shape index (κ1) is 12.3. The Hall–Kier alpha value is -0.130. The van der Waals surface area contributed by atoms with E-state index in [4.69, 9.17) is 0 Å². The fourth-order valence-corrected chi connectivity index (χ4v) is 4.70. The summed E-state index contributed by atoms with van der Waals surface area (Å²) >= 11 is 0. The van der Waals surface area contributed by atoms with Gasteiger partial charge in [-0.3, -0.25) is 0 Å². The summed E-state index contributed by atoms with van der Waals surface area (Å²) in [4.78, 5) is 0. The molecule has 0 aromatic heterocycles. The van der Waals surface area contributed by atoms with Gasteiger partial charge in [0.25, 0.3) is 0 Å². The van der Waals surface area contributed by atoms with Gasteiger partial charge in [0.2, 0.25) is 0 Å². The van der Waals surface area contributed by atoms with Gasteiger partial charge in [-0.05, 0) is 45.6 Å². The molecule has 94 valence electrons. The van der Waals surface area contributed by atoms with E-state index < -0.39 is 20.2 Å². The van der Waals surface area contributed by atoms with E-state index in [9.17, 15) is 13.5 Å². The van der Waals surface area contributed by atoms with Crippen molar-refractivity contribution in [2.45, 2.75) is 43.5 Å². The first-order valence-electron chi connectivity index (χ1n) is 5.92. The Morgan fingerprint density at radius 3 is 2.56 bits per heavy atom. The Labute approximate surface area is 97.3 Å². The van der Waals surface area contributed by atoms with Gasteiger partial charge in [0, 0.05) is 6.54 Å². The van der Waals surface area contributed by atoms with Crippen molar-refractivity contribution in [3.8, 4) is 0 Å². The number of β-amino-alcohol motifs (C(OH)–C–C–N with tert-alkyl or cyclic N) is 1. The Morgan fingerprint density at radius 1 is 1.44 bits per heavy atom. The lowest BCUT2D eigenvalue weighted by Crippen LogP contribution is -2.41. The summed E-state index contributed by atoms with van der Waals surface area (Å²) in [5, 5.41) is 13.4. The zero-order valence-corrected chi connectivity index (χ0v) is 10.8. The van der Waals surface area contributed by atoms with Crippen LogP contribution in [-0.2, 0) is 9.84 Å². The molecule has 0 saturated carbocycles. The van der Waals surface area contributed by atoms with Crippen LogP contribution in [0.1, 0.15) is 33.1 Å². The highest BCUT2D eigenvalue weighted by Crippen LogP contribution is 2.42. The maximum Gasteiger partial charge on any atom is 0.155 e. The molecule has 2 N–H and O–H groups in total. The minimum Gasteiger partial charge on any atom is -0.389 e. The van der Waals surface area contributed by atoms with Gasteiger partial charge < -0.3 is 10.4 Å². The van der Waals surface area contributed by atoms with Crippen molar-refractivity contribution in [3.63, 3.8) is 0 Å². The Morgan fingerprint density at radius 2 is 2.12 bits per heavy atom. The normalized spacial score (nSPS) is 41.3. The van der Waals surface area contributed by atoms with Crippen molar-refractivity contribution < 1.29 is 13.5 Å². The van der Waals surface area contributed by atoms with E-state index in [1.807, 2.05) is 0 Å². The van der Waals surface area contributed by atoms with Gasteiger partial charge in [-0.1, -0.05) is 0 Å². The highest BCUT2D eigenvalue weighted by molar-refractivity contribution is 7.93. The molecule has 0 aromatic rings. The van der Waals surface area contributed by atoms with E-state index >= 15 is 0 Å². The second-order valence-electron chi connectivity index (χ2n) is 5.76. The summed E-state index contributed by atoms with van der Waals surface area (Å²) in [6.07, 6.45) is 2.03. The quantitative estimate of drug-likeness (QED) is 0.737. The number of nitrogens with one attached hydrogen (secondary N) is 1. The third-order valence-electron chi connectivity index (χ3n) is 4.37. The fourth-order valence-electron chi connectivity index (χ4n) is 2.87. The second-order valence-corrected chi connectivity index (χ2v) is 8.45. The molecule has 0 aromatic carbocycles. The van der Waals surface area contributed by atoms with Crippen LogP contribution in [0.5, 0.6) is 0 Å². The van der Waals surface area contributed by atoms with Gasteiger partial charge in [-0.2, -0.15) is 0 Å². The van der Waals surface area contributed by atoms with Crippen LogP contribution in [0.3, 0.4) is 0 Å². The average molecular weight is 247 g/mol. The molecule has 0 bridgehead atoms. The molecule has 2 rings (SSSR count). The number of hydrogen-bond acceptors (Lipinski definition) is 4. The maximum absolute atomic E-state index is 11.9. The van der Waals surface area contributed by atoms with Gasteiger partial charge in [-0.15, -0.1) is 0 Å². The van der Waals surface area contributed by atoms with E-state index in [-0.39, 0.29) is 11.7 Å². The molecule has 2 heterocycles. The first-order chi connectivity index (χ1) is 7.27. The van der Waals surface area contributed by atoms with Crippen molar-refractivity contribution in [2.24, 2.45) is 5.92 Å². The van der Waals surface area contributed by atoms with E-state index in [2.05, 4.69) is 5.32 Å². The van der Waals surface area contributed by atoms with Gasteiger partial charge in [0.1, 0.15) is 0 Å². The predicted molar refractivity (Wildman–Crippen MR) is 63.0 cm³/mol. The Balaban J connectivity index is 2.12. The third kappa shape index (κ3) is 1.89. The van der Waals surface area contributed by atoms with Crippen LogP contribution in [0.2, 0.25) is 0 Å². The van der Waals surface area contributed by atoms with Crippen LogP contribution in [-0.4, -0.2) is 42.7 Å². The summed E-state index contributed by atoms with van der Waals surface area (Å²) in [7, 11) is -2.97. The summed E-state index contributed by atoms with van der Waals surface area (Å²) in [6.45, 7) is 5.02. The molecule has 0 amide bonds. The van der Waals surface area contributed by atoms with Crippen molar-refractivity contribution in [1.82, 2.24) is 5.32 Å². The van der Waals surface area contributed by atoms with Gasteiger partial charge >= 0.3 is 0 Å². The van der Waals surface area contributed by atoms with Crippen LogP contribution in [0.25, 0.3) is 0 Å². The van der Waals surface area contributed by atoms with Gasteiger partial charge in [-0.25, -0.2) is 8.42 Å². The first-order valence-corrected chi connectivity index (χ1v) is 7.57. The highest BCUT2D eigenvalue weighted by atomic mass is 32.2. The van der Waals surface area contributed by atoms with Crippen LogP contribution in [0, 0.1) is 5.92 Å². The minimum absolute atomic E-state index is 0.0856. The van der Waals surface area contributed by atoms with Crippen LogP contribution < -0.4 is 5.32 Å². The summed E-state index contributed by atoms with van der Waals surface area (Å²) in [5.41, 5.74) is -0.693. The van der Waals surface area contributed by atoms with E-state index in [1.54, 1.807) is 13.8 Å². The van der Waals surface area contributed by atoms with Gasteiger partial charge in [0.05, 0.1) is 16.1 Å². The Kier molecular flexibility index (Phi) is 2.84. The van der Waals surface area contributed by atoms with Gasteiger partial charge in [0.15, 0.2) is 9.84 Å². The molecule has 16 heavy (non-hydrogen) atoms. The molecule has 2 fully saturated rings. The van der Waals surface area contributed by atoms with E-state index in [1.165, 1.54) is 0 Å². The second kappa shape index (κ2) is 3.68. The molecule has 0 radical (unpaired) electrons. The van der Waals surface area contributed by atoms with E-state index in [0.717, 1.165) is 13.0 Å². The Bertz CT molecular complexity index is 369. The fraction of sp³-hybridized carbons (Fsp3) is 1.00. The number of sulfone groups is 1. The molecule has 2 atom stereocenters. The molecule has 2 saturated heterocycles. The van der Waals surface area contributed by atoms with Crippen LogP contribution in [0.15, 0.2) is 0 Å². The average Bonchev–Trinajstić information content (AvgIpc) is 2.65. The zero-order valence-electron chi connectivity index (χ0n) is 9.99. The molecule has 2 aliphatic rings. The summed E-state index contributed by atoms with van der Waals surface area (Å²) < 4.78 is 23.1. The monoisotopic (exact) mass is 247 g/mol. The molecule has 2 unspecified atom stereocenters. The van der Waals surface area contributed by atoms with Crippen LogP contribution >= 0.6 is 0 Å². The van der Waals surface area contributed by atoms with Crippen LogP contribution in [0.4, 0.5) is 0 Å². The molecular formula is C11H21NO3S. The largest absolute Gasteiger partial charge is 0.389 e. The number of rotatable bonds is 2. The third-order valence-corrected chi connectivity index (χ3v) is 7.08. The number of aliphatic hydroxyl groups is 1. The smallest absolute Gasteiger partial charge is 0.155 e. The SMILES string of the molecule is CC1(C)C(CC2(O)CCNC2)CCS1(=O)=O. The molecule has 0 aliphatic carbocycles. The van der Waals surface area contributed by atoms with E-state index in [0.29, 0.717) is 19.4 Å². The lowest BCUT2D eigenvalue weighted by Gasteiger charge is -2.32. The predicted octanol–water partition coefficient (Wildman–Crippen LogP) is 0.314. The zero-order chi connectivity index (χ0) is 12.0. The summed E-state index contributed by atoms with van der Waals surface area (Å²) in [6, 6.07) is 0. The molecule has 4 nitrogen and oxygen atoms in total.